The molecule has 0 atom stereocenters. The Morgan fingerprint density at radius 3 is 2.31 bits per heavy atom. The molecule has 16 heavy (non-hydrogen) atoms. The van der Waals surface area contributed by atoms with E-state index in [-0.39, 0.29) is 0 Å². The molecule has 0 unspecified atom stereocenters. The lowest BCUT2D eigenvalue weighted by molar-refractivity contribution is 0.390. The molecule has 1 N–H and O–H groups in total. The highest BCUT2D eigenvalue weighted by Crippen LogP contribution is 2.24. The average molecular weight is 222 g/mol. The molecule has 0 bridgehead atoms. The quantitative estimate of drug-likeness (QED) is 0.846. The van der Waals surface area contributed by atoms with E-state index in [1.165, 1.54) is 5.56 Å². The fraction of sp³-hybridized carbons (Fsp3) is 0.667. The van der Waals surface area contributed by atoms with E-state index < -0.39 is 0 Å². The van der Waals surface area contributed by atoms with Gasteiger partial charge in [0.25, 0.3) is 0 Å². The molecule has 0 aliphatic rings. The lowest BCUT2D eigenvalue weighted by Crippen LogP contribution is -2.16. The Morgan fingerprint density at radius 1 is 1.25 bits per heavy atom. The molecule has 4 heteroatoms. The van der Waals surface area contributed by atoms with Crippen molar-refractivity contribution in [2.75, 3.05) is 26.5 Å². The van der Waals surface area contributed by atoms with Gasteiger partial charge in [-0.15, -0.1) is 0 Å². The van der Waals surface area contributed by atoms with Gasteiger partial charge in [-0.25, -0.2) is 9.97 Å². The van der Waals surface area contributed by atoms with E-state index in [2.05, 4.69) is 41.0 Å². The van der Waals surface area contributed by atoms with Crippen molar-refractivity contribution >= 4 is 5.82 Å². The zero-order valence-corrected chi connectivity index (χ0v) is 11.1. The van der Waals surface area contributed by atoms with Crippen LogP contribution in [0.3, 0.4) is 0 Å². The van der Waals surface area contributed by atoms with Gasteiger partial charge < -0.3 is 10.2 Å². The number of nitrogens with zero attached hydrogens (tertiary/aromatic N) is 3. The van der Waals surface area contributed by atoms with Crippen LogP contribution in [0.5, 0.6) is 0 Å². The fourth-order valence-electron chi connectivity index (χ4n) is 1.87. The monoisotopic (exact) mass is 222 g/mol. The van der Waals surface area contributed by atoms with Crippen molar-refractivity contribution in [3.05, 3.63) is 17.1 Å². The molecule has 0 amide bonds. The molecule has 1 aromatic rings. The normalized spacial score (nSPS) is 11.2. The molecule has 1 rings (SSSR count). The maximum atomic E-state index is 4.55. The predicted molar refractivity (Wildman–Crippen MR) is 67.8 cm³/mol. The zero-order valence-electron chi connectivity index (χ0n) is 11.1. The molecule has 90 valence electrons. The molecular formula is C12H22N4. The Kier molecular flexibility index (Phi) is 4.24. The minimum Gasteiger partial charge on any atom is -0.373 e. The lowest BCUT2D eigenvalue weighted by atomic mass is 10.0. The van der Waals surface area contributed by atoms with Crippen molar-refractivity contribution in [2.24, 2.45) is 0 Å². The second kappa shape index (κ2) is 5.25. The number of anilines is 1. The third-order valence-corrected chi connectivity index (χ3v) is 2.45. The first-order valence-electron chi connectivity index (χ1n) is 5.65. The van der Waals surface area contributed by atoms with Crippen molar-refractivity contribution in [2.45, 2.75) is 33.2 Å². The van der Waals surface area contributed by atoms with E-state index in [0.29, 0.717) is 5.92 Å². The molecule has 0 aliphatic heterocycles. The fourth-order valence-corrected chi connectivity index (χ4v) is 1.87. The number of aromatic nitrogens is 2. The van der Waals surface area contributed by atoms with Gasteiger partial charge in [-0.05, 0) is 26.9 Å². The first-order valence-corrected chi connectivity index (χ1v) is 5.65. The van der Waals surface area contributed by atoms with Gasteiger partial charge >= 0.3 is 0 Å². The van der Waals surface area contributed by atoms with Crippen LogP contribution in [0.2, 0.25) is 0 Å². The van der Waals surface area contributed by atoms with Gasteiger partial charge in [0.15, 0.2) is 0 Å². The van der Waals surface area contributed by atoms with E-state index in [1.807, 2.05) is 21.1 Å². The zero-order chi connectivity index (χ0) is 12.3. The first-order chi connectivity index (χ1) is 7.45. The Morgan fingerprint density at radius 2 is 1.88 bits per heavy atom. The summed E-state index contributed by atoms with van der Waals surface area (Å²) in [6, 6.07) is 0. The van der Waals surface area contributed by atoms with Crippen molar-refractivity contribution in [1.82, 2.24) is 14.9 Å². The summed E-state index contributed by atoms with van der Waals surface area (Å²) in [5.41, 5.74) is 2.29. The molecule has 4 nitrogen and oxygen atoms in total. The maximum absolute atomic E-state index is 4.55. The molecule has 0 saturated heterocycles. The summed E-state index contributed by atoms with van der Waals surface area (Å²) in [5, 5.41) is 3.16. The highest BCUT2D eigenvalue weighted by molar-refractivity contribution is 5.47. The standard InChI is InChI=1S/C12H22N4/c1-8(2)11-9(3)14-10(7-16(5)6)15-12(11)13-4/h8H,7H2,1-6H3,(H,13,14,15). The molecule has 0 spiro atoms. The van der Waals surface area contributed by atoms with E-state index in [0.717, 1.165) is 23.9 Å². The molecule has 0 radical (unpaired) electrons. The van der Waals surface area contributed by atoms with Crippen LogP contribution in [0.25, 0.3) is 0 Å². The summed E-state index contributed by atoms with van der Waals surface area (Å²) < 4.78 is 0. The van der Waals surface area contributed by atoms with E-state index in [1.54, 1.807) is 0 Å². The highest BCUT2D eigenvalue weighted by atomic mass is 15.1. The van der Waals surface area contributed by atoms with Gasteiger partial charge in [0.1, 0.15) is 11.6 Å². The van der Waals surface area contributed by atoms with Gasteiger partial charge in [-0.2, -0.15) is 0 Å². The third-order valence-electron chi connectivity index (χ3n) is 2.45. The van der Waals surface area contributed by atoms with Crippen molar-refractivity contribution in [3.8, 4) is 0 Å². The Hall–Kier alpha value is -1.16. The number of rotatable bonds is 4. The largest absolute Gasteiger partial charge is 0.373 e. The van der Waals surface area contributed by atoms with E-state index in [4.69, 9.17) is 0 Å². The van der Waals surface area contributed by atoms with Crippen LogP contribution in [0.4, 0.5) is 5.82 Å². The summed E-state index contributed by atoms with van der Waals surface area (Å²) in [6.07, 6.45) is 0. The molecule has 0 aliphatic carbocycles. The molecule has 0 aromatic carbocycles. The summed E-state index contributed by atoms with van der Waals surface area (Å²) in [5.74, 6) is 2.27. The van der Waals surface area contributed by atoms with Gasteiger partial charge in [0, 0.05) is 18.3 Å². The first kappa shape index (κ1) is 12.9. The summed E-state index contributed by atoms with van der Waals surface area (Å²) in [6.45, 7) is 7.15. The van der Waals surface area contributed by atoms with Crippen LogP contribution in [0.15, 0.2) is 0 Å². The summed E-state index contributed by atoms with van der Waals surface area (Å²) >= 11 is 0. The molecule has 1 heterocycles. The van der Waals surface area contributed by atoms with Crippen molar-refractivity contribution in [3.63, 3.8) is 0 Å². The van der Waals surface area contributed by atoms with Crippen LogP contribution in [0, 0.1) is 6.92 Å². The van der Waals surface area contributed by atoms with Crippen LogP contribution in [0.1, 0.15) is 36.8 Å². The lowest BCUT2D eigenvalue weighted by Gasteiger charge is -2.16. The summed E-state index contributed by atoms with van der Waals surface area (Å²) in [4.78, 5) is 11.2. The van der Waals surface area contributed by atoms with Crippen molar-refractivity contribution in [1.29, 1.82) is 0 Å². The smallest absolute Gasteiger partial charge is 0.144 e. The highest BCUT2D eigenvalue weighted by Gasteiger charge is 2.13. The number of hydrogen-bond acceptors (Lipinski definition) is 4. The predicted octanol–water partition coefficient (Wildman–Crippen LogP) is 2.01. The summed E-state index contributed by atoms with van der Waals surface area (Å²) in [7, 11) is 5.95. The van der Waals surface area contributed by atoms with Gasteiger partial charge in [-0.1, -0.05) is 13.8 Å². The van der Waals surface area contributed by atoms with Crippen LogP contribution >= 0.6 is 0 Å². The molecule has 0 saturated carbocycles. The topological polar surface area (TPSA) is 41.1 Å². The van der Waals surface area contributed by atoms with Crippen LogP contribution in [-0.2, 0) is 6.54 Å². The van der Waals surface area contributed by atoms with E-state index >= 15 is 0 Å². The Bertz CT molecular complexity index is 358. The van der Waals surface area contributed by atoms with Gasteiger partial charge in [0.05, 0.1) is 6.54 Å². The molecule has 1 aromatic heterocycles. The van der Waals surface area contributed by atoms with E-state index in [9.17, 15) is 0 Å². The average Bonchev–Trinajstić information content (AvgIpc) is 2.14. The second-order valence-corrected chi connectivity index (χ2v) is 4.63. The third kappa shape index (κ3) is 2.92. The molecule has 0 fully saturated rings. The maximum Gasteiger partial charge on any atom is 0.144 e. The Balaban J connectivity index is 3.16. The second-order valence-electron chi connectivity index (χ2n) is 4.63. The van der Waals surface area contributed by atoms with Crippen LogP contribution in [-0.4, -0.2) is 36.0 Å². The van der Waals surface area contributed by atoms with Gasteiger partial charge in [0.2, 0.25) is 0 Å². The van der Waals surface area contributed by atoms with Crippen LogP contribution < -0.4 is 5.32 Å². The minimum absolute atomic E-state index is 0.441. The SMILES string of the molecule is CNc1nc(CN(C)C)nc(C)c1C(C)C. The number of hydrogen-bond donors (Lipinski definition) is 1. The minimum atomic E-state index is 0.441. The van der Waals surface area contributed by atoms with Crippen molar-refractivity contribution < 1.29 is 0 Å². The number of aryl methyl sites for hydroxylation is 1. The Labute approximate surface area is 98.1 Å². The van der Waals surface area contributed by atoms with Gasteiger partial charge in [-0.3, -0.25) is 0 Å². The molecular weight excluding hydrogens is 200 g/mol. The number of nitrogens with one attached hydrogen (secondary N) is 1.